The zero-order valence-electron chi connectivity index (χ0n) is 6.64. The molecule has 3 N–H and O–H groups in total. The molecule has 0 aliphatic heterocycles. The molecule has 0 bridgehead atoms. The zero-order chi connectivity index (χ0) is 7.40. The van der Waals surface area contributed by atoms with Crippen LogP contribution in [0.15, 0.2) is 12.2 Å². The number of rotatable bonds is 2. The third-order valence-electron chi connectivity index (χ3n) is 1.99. The van der Waals surface area contributed by atoms with Crippen molar-refractivity contribution < 1.29 is 5.01 Å². The molecule has 0 aromatic carbocycles. The Bertz CT molecular complexity index is 118. The Labute approximate surface area is 62.7 Å². The van der Waals surface area contributed by atoms with E-state index in [0.29, 0.717) is 0 Å². The van der Waals surface area contributed by atoms with Crippen molar-refractivity contribution >= 4 is 0 Å². The van der Waals surface area contributed by atoms with Crippen LogP contribution in [0.1, 0.15) is 19.3 Å². The molecule has 1 aliphatic carbocycles. The molecule has 0 aromatic rings. The highest BCUT2D eigenvalue weighted by atomic mass is 15.4. The molecular weight excluding hydrogens is 124 g/mol. The maximum atomic E-state index is 5.62. The summed E-state index contributed by atoms with van der Waals surface area (Å²) < 4.78 is 0. The third kappa shape index (κ3) is 2.50. The van der Waals surface area contributed by atoms with E-state index in [9.17, 15) is 0 Å². The summed E-state index contributed by atoms with van der Waals surface area (Å²) in [4.78, 5) is 0. The van der Waals surface area contributed by atoms with Gasteiger partial charge in [-0.05, 0) is 19.3 Å². The number of nitrogens with one attached hydrogen (secondary N) is 1. The first kappa shape index (κ1) is 7.76. The largest absolute Gasteiger partial charge is 0.262 e. The van der Waals surface area contributed by atoms with Gasteiger partial charge in [0.1, 0.15) is 0 Å². The van der Waals surface area contributed by atoms with Gasteiger partial charge in [-0.1, -0.05) is 12.2 Å². The van der Waals surface area contributed by atoms with Gasteiger partial charge < -0.3 is 0 Å². The summed E-state index contributed by atoms with van der Waals surface area (Å²) in [5.41, 5.74) is 0. The van der Waals surface area contributed by atoms with E-state index >= 15 is 0 Å². The minimum absolute atomic E-state index is 0.829. The third-order valence-corrected chi connectivity index (χ3v) is 1.99. The van der Waals surface area contributed by atoms with E-state index in [1.165, 1.54) is 19.3 Å². The quantitative estimate of drug-likeness (QED) is 0.309. The van der Waals surface area contributed by atoms with Crippen LogP contribution in [-0.2, 0) is 0 Å². The van der Waals surface area contributed by atoms with Crippen molar-refractivity contribution in [2.24, 2.45) is 11.8 Å². The molecule has 0 fully saturated rings. The lowest BCUT2D eigenvalue weighted by molar-refractivity contribution is -0.895. The van der Waals surface area contributed by atoms with Crippen LogP contribution in [0.2, 0.25) is 0 Å². The molecule has 0 saturated carbocycles. The number of hydrogen-bond donors (Lipinski definition) is 2. The predicted molar refractivity (Wildman–Crippen MR) is 42.4 cm³/mol. The van der Waals surface area contributed by atoms with Crippen molar-refractivity contribution in [3.05, 3.63) is 12.2 Å². The SMILES string of the molecule is C[NH+](N)C[C@@H]1CC=CCC1. The summed E-state index contributed by atoms with van der Waals surface area (Å²) in [5, 5.41) is 1.08. The molecule has 2 atom stereocenters. The van der Waals surface area contributed by atoms with Crippen molar-refractivity contribution in [2.75, 3.05) is 13.6 Å². The van der Waals surface area contributed by atoms with Gasteiger partial charge >= 0.3 is 0 Å². The van der Waals surface area contributed by atoms with E-state index in [2.05, 4.69) is 12.2 Å². The van der Waals surface area contributed by atoms with E-state index in [-0.39, 0.29) is 0 Å². The molecule has 1 unspecified atom stereocenters. The Morgan fingerprint density at radius 3 is 2.90 bits per heavy atom. The van der Waals surface area contributed by atoms with Gasteiger partial charge in [0.05, 0.1) is 13.6 Å². The number of hydrogen-bond acceptors (Lipinski definition) is 1. The monoisotopic (exact) mass is 141 g/mol. The van der Waals surface area contributed by atoms with Gasteiger partial charge in [-0.2, -0.15) is 5.84 Å². The maximum Gasteiger partial charge on any atom is 0.0973 e. The lowest BCUT2D eigenvalue weighted by Gasteiger charge is -2.18. The highest BCUT2D eigenvalue weighted by Gasteiger charge is 2.12. The van der Waals surface area contributed by atoms with Crippen molar-refractivity contribution in [2.45, 2.75) is 19.3 Å². The molecule has 0 spiro atoms. The summed E-state index contributed by atoms with van der Waals surface area (Å²) in [6, 6.07) is 0. The van der Waals surface area contributed by atoms with E-state index in [4.69, 9.17) is 5.84 Å². The second kappa shape index (κ2) is 3.74. The van der Waals surface area contributed by atoms with Crippen molar-refractivity contribution in [3.8, 4) is 0 Å². The van der Waals surface area contributed by atoms with E-state index in [1.807, 2.05) is 7.05 Å². The zero-order valence-corrected chi connectivity index (χ0v) is 6.64. The highest BCUT2D eigenvalue weighted by molar-refractivity contribution is 4.89. The predicted octanol–water partition coefficient (Wildman–Crippen LogP) is -0.269. The van der Waals surface area contributed by atoms with Gasteiger partial charge in [-0.15, -0.1) is 0 Å². The van der Waals surface area contributed by atoms with Crippen molar-refractivity contribution in [3.63, 3.8) is 0 Å². The topological polar surface area (TPSA) is 30.5 Å². The molecule has 0 heterocycles. The molecular formula is C8H17N2+. The minimum Gasteiger partial charge on any atom is -0.262 e. The van der Waals surface area contributed by atoms with Crippen LogP contribution in [0.4, 0.5) is 0 Å². The van der Waals surface area contributed by atoms with Crippen LogP contribution in [0, 0.1) is 5.92 Å². The van der Waals surface area contributed by atoms with Gasteiger partial charge in [-0.3, -0.25) is 5.01 Å². The van der Waals surface area contributed by atoms with Gasteiger partial charge in [0.25, 0.3) is 0 Å². The smallest absolute Gasteiger partial charge is 0.0973 e. The average Bonchev–Trinajstić information content (AvgIpc) is 1.88. The minimum atomic E-state index is 0.829. The fraction of sp³-hybridized carbons (Fsp3) is 0.750. The van der Waals surface area contributed by atoms with Crippen LogP contribution in [-0.4, -0.2) is 13.6 Å². The van der Waals surface area contributed by atoms with Crippen LogP contribution in [0.5, 0.6) is 0 Å². The van der Waals surface area contributed by atoms with Gasteiger partial charge in [0.15, 0.2) is 0 Å². The average molecular weight is 141 g/mol. The number of nitrogens with two attached hydrogens (primary N) is 1. The van der Waals surface area contributed by atoms with E-state index in [0.717, 1.165) is 17.5 Å². The molecule has 1 aliphatic rings. The Morgan fingerprint density at radius 2 is 2.40 bits per heavy atom. The van der Waals surface area contributed by atoms with Crippen molar-refractivity contribution in [1.29, 1.82) is 0 Å². The van der Waals surface area contributed by atoms with E-state index < -0.39 is 0 Å². The van der Waals surface area contributed by atoms with Crippen LogP contribution < -0.4 is 10.9 Å². The summed E-state index contributed by atoms with van der Waals surface area (Å²) in [6.07, 6.45) is 8.34. The van der Waals surface area contributed by atoms with Crippen LogP contribution >= 0.6 is 0 Å². The molecule has 10 heavy (non-hydrogen) atoms. The van der Waals surface area contributed by atoms with Crippen molar-refractivity contribution in [1.82, 2.24) is 0 Å². The first-order chi connectivity index (χ1) is 4.79. The maximum absolute atomic E-state index is 5.62. The highest BCUT2D eigenvalue weighted by Crippen LogP contribution is 2.15. The number of allylic oxidation sites excluding steroid dienone is 2. The second-order valence-corrected chi connectivity index (χ2v) is 3.20. The molecule has 2 nitrogen and oxygen atoms in total. The standard InChI is InChI=1S/C8H16N2/c1-10(9)7-8-5-3-2-4-6-8/h2-3,8H,4-7,9H2,1H3/p+1/t8-/m1/s1. The Morgan fingerprint density at radius 1 is 1.60 bits per heavy atom. The van der Waals surface area contributed by atoms with Crippen LogP contribution in [0.25, 0.3) is 0 Å². The van der Waals surface area contributed by atoms with Gasteiger partial charge in [0, 0.05) is 5.92 Å². The lowest BCUT2D eigenvalue weighted by atomic mass is 9.94. The molecule has 0 saturated heterocycles. The Kier molecular flexibility index (Phi) is 2.90. The number of quaternary nitrogens is 1. The van der Waals surface area contributed by atoms with E-state index in [1.54, 1.807) is 0 Å². The molecule has 58 valence electrons. The van der Waals surface area contributed by atoms with Crippen LogP contribution in [0.3, 0.4) is 0 Å². The molecule has 0 radical (unpaired) electrons. The lowest BCUT2D eigenvalue weighted by Crippen LogP contribution is -3.15. The Hall–Kier alpha value is -0.340. The molecule has 2 heteroatoms. The van der Waals surface area contributed by atoms with Gasteiger partial charge in [-0.25, -0.2) is 0 Å². The first-order valence-electron chi connectivity index (χ1n) is 4.02. The summed E-state index contributed by atoms with van der Waals surface area (Å²) >= 11 is 0. The summed E-state index contributed by atoms with van der Waals surface area (Å²) in [5.74, 6) is 6.44. The fourth-order valence-corrected chi connectivity index (χ4v) is 1.50. The summed E-state index contributed by atoms with van der Waals surface area (Å²) in [6.45, 7) is 1.12. The molecule has 0 aromatic heterocycles. The molecule has 0 amide bonds. The second-order valence-electron chi connectivity index (χ2n) is 3.20. The van der Waals surface area contributed by atoms with Gasteiger partial charge in [0.2, 0.25) is 0 Å². The summed E-state index contributed by atoms with van der Waals surface area (Å²) in [7, 11) is 2.01. The Balaban J connectivity index is 2.22. The normalized spacial score (nSPS) is 28.4. The first-order valence-corrected chi connectivity index (χ1v) is 4.02. The fourth-order valence-electron chi connectivity index (χ4n) is 1.50. The molecule has 1 rings (SSSR count).